The van der Waals surface area contributed by atoms with Crippen LogP contribution in [0.15, 0.2) is 12.2 Å². The van der Waals surface area contributed by atoms with Crippen LogP contribution in [-0.4, -0.2) is 30.2 Å². The van der Waals surface area contributed by atoms with Gasteiger partial charge in [-0.1, -0.05) is 0 Å². The van der Waals surface area contributed by atoms with Crippen LogP contribution >= 0.6 is 0 Å². The van der Waals surface area contributed by atoms with Gasteiger partial charge in [-0.05, 0) is 12.2 Å². The minimum absolute atomic E-state index is 0.430. The van der Waals surface area contributed by atoms with E-state index in [1.54, 1.807) is 0 Å². The summed E-state index contributed by atoms with van der Waals surface area (Å²) in [6.07, 6.45) is -7.86. The molecule has 0 saturated heterocycles. The van der Waals surface area contributed by atoms with Crippen LogP contribution in [0.2, 0.25) is 0 Å². The molecule has 0 unspecified atom stereocenters. The molecular weight excluding hydrogens is 271 g/mol. The Morgan fingerprint density at radius 3 is 1.47 bits per heavy atom. The molecule has 0 aromatic carbocycles. The zero-order chi connectivity index (χ0) is 14.1. The van der Waals surface area contributed by atoms with Crippen molar-refractivity contribution >= 4 is 6.29 Å². The smallest absolute Gasteiger partial charge is 0.286 e. The molecule has 10 heteroatoms. The van der Waals surface area contributed by atoms with Crippen molar-refractivity contribution in [2.45, 2.75) is 23.9 Å². The van der Waals surface area contributed by atoms with Gasteiger partial charge in [0, 0.05) is 0 Å². The van der Waals surface area contributed by atoms with Crippen LogP contribution in [0.1, 0.15) is 0 Å². The van der Waals surface area contributed by atoms with Crippen LogP contribution in [0.25, 0.3) is 0 Å². The number of hydrogen-bond donors (Lipinski definition) is 0. The molecule has 0 aromatic heterocycles. The fourth-order valence-corrected chi connectivity index (χ4v) is 0.631. The number of hydrogen-bond acceptors (Lipinski definition) is 1. The third kappa shape index (κ3) is 2.55. The first-order chi connectivity index (χ1) is 7.31. The zero-order valence-corrected chi connectivity index (χ0v) is 7.46. The molecule has 0 fully saturated rings. The van der Waals surface area contributed by atoms with Crippen molar-refractivity contribution in [2.24, 2.45) is 0 Å². The predicted molar refractivity (Wildman–Crippen MR) is 35.7 cm³/mol. The van der Waals surface area contributed by atoms with Gasteiger partial charge in [-0.15, -0.1) is 0 Å². The van der Waals surface area contributed by atoms with Crippen LogP contribution in [-0.2, 0) is 4.79 Å². The van der Waals surface area contributed by atoms with Gasteiger partial charge in [0.2, 0.25) is 6.29 Å². The molecule has 17 heavy (non-hydrogen) atoms. The third-order valence-electron chi connectivity index (χ3n) is 1.53. The van der Waals surface area contributed by atoms with E-state index in [1.807, 2.05) is 0 Å². The molecule has 0 spiro atoms. The van der Waals surface area contributed by atoms with Crippen molar-refractivity contribution in [3.8, 4) is 0 Å². The molecule has 0 aliphatic heterocycles. The Balaban J connectivity index is 5.54. The summed E-state index contributed by atoms with van der Waals surface area (Å²) in [6.45, 7) is 0. The fraction of sp³-hybridized carbons (Fsp3) is 0.571. The summed E-state index contributed by atoms with van der Waals surface area (Å²) in [5.41, 5.74) is 0. The monoisotopic (exact) mass is 273 g/mol. The highest BCUT2D eigenvalue weighted by molar-refractivity contribution is 5.65. The average molecular weight is 273 g/mol. The first kappa shape index (κ1) is 15.8. The van der Waals surface area contributed by atoms with Crippen molar-refractivity contribution in [1.82, 2.24) is 0 Å². The van der Waals surface area contributed by atoms with E-state index < -0.39 is 36.1 Å². The largest absolute Gasteiger partial charge is 0.460 e. The van der Waals surface area contributed by atoms with Crippen LogP contribution in [0.5, 0.6) is 0 Å². The van der Waals surface area contributed by atoms with Gasteiger partial charge in [0.1, 0.15) is 0 Å². The highest BCUT2D eigenvalue weighted by atomic mass is 19.4. The standard InChI is InChI=1S/C7H2F9O/c8-4(9,2-1-3-17)5(10,11)6(12,13)7(14,15)16/h1-2H. The van der Waals surface area contributed by atoms with Crippen molar-refractivity contribution < 1.29 is 44.3 Å². The Bertz CT molecular complexity index is 314. The molecule has 0 bridgehead atoms. The quantitative estimate of drug-likeness (QED) is 0.568. The maximum atomic E-state index is 12.4. The molecule has 0 aromatic rings. The van der Waals surface area contributed by atoms with Gasteiger partial charge < -0.3 is 0 Å². The van der Waals surface area contributed by atoms with E-state index in [2.05, 4.69) is 0 Å². The SMILES string of the molecule is O=[C]C=CC(F)(F)C(F)(F)C(F)(F)C(F)(F)F. The molecule has 0 aliphatic rings. The lowest BCUT2D eigenvalue weighted by molar-refractivity contribution is -0.388. The van der Waals surface area contributed by atoms with Crippen molar-refractivity contribution in [3.63, 3.8) is 0 Å². The summed E-state index contributed by atoms with van der Waals surface area (Å²) in [5, 5.41) is 0. The lowest BCUT2D eigenvalue weighted by Crippen LogP contribution is -2.60. The van der Waals surface area contributed by atoms with E-state index >= 15 is 0 Å². The molecule has 0 heterocycles. The first-order valence-electron chi connectivity index (χ1n) is 3.57. The second kappa shape index (κ2) is 4.22. The Morgan fingerprint density at radius 2 is 1.18 bits per heavy atom. The van der Waals surface area contributed by atoms with E-state index in [0.717, 1.165) is 0 Å². The van der Waals surface area contributed by atoms with Crippen LogP contribution < -0.4 is 0 Å². The van der Waals surface area contributed by atoms with Gasteiger partial charge in [0.05, 0.1) is 0 Å². The number of allylic oxidation sites excluding steroid dienone is 2. The lowest BCUT2D eigenvalue weighted by Gasteiger charge is -2.32. The van der Waals surface area contributed by atoms with E-state index in [0.29, 0.717) is 6.29 Å². The molecule has 0 aliphatic carbocycles. The summed E-state index contributed by atoms with van der Waals surface area (Å²) in [7, 11) is 0. The maximum Gasteiger partial charge on any atom is 0.460 e. The van der Waals surface area contributed by atoms with Crippen LogP contribution in [0.3, 0.4) is 0 Å². The fourth-order valence-electron chi connectivity index (χ4n) is 0.631. The summed E-state index contributed by atoms with van der Waals surface area (Å²) in [6, 6.07) is 0. The molecule has 0 rings (SSSR count). The molecule has 0 atom stereocenters. The van der Waals surface area contributed by atoms with Crippen molar-refractivity contribution in [3.05, 3.63) is 12.2 Å². The summed E-state index contributed by atoms with van der Waals surface area (Å²) in [4.78, 5) is 9.43. The normalized spacial score (nSPS) is 15.4. The second-order valence-electron chi connectivity index (χ2n) is 2.72. The van der Waals surface area contributed by atoms with Gasteiger partial charge in [0.25, 0.3) is 0 Å². The molecule has 0 saturated carbocycles. The molecule has 99 valence electrons. The lowest BCUT2D eigenvalue weighted by atomic mass is 10.0. The third-order valence-corrected chi connectivity index (χ3v) is 1.53. The Labute approximate surface area is 87.9 Å². The summed E-state index contributed by atoms with van der Waals surface area (Å²) < 4.78 is 108. The number of carbonyl (C=O) groups excluding carboxylic acids is 1. The van der Waals surface area contributed by atoms with Gasteiger partial charge in [-0.2, -0.15) is 39.5 Å². The van der Waals surface area contributed by atoms with Crippen molar-refractivity contribution in [2.75, 3.05) is 0 Å². The van der Waals surface area contributed by atoms with Crippen molar-refractivity contribution in [1.29, 1.82) is 0 Å². The summed E-state index contributed by atoms with van der Waals surface area (Å²) in [5.74, 6) is -19.5. The molecule has 1 nitrogen and oxygen atoms in total. The van der Waals surface area contributed by atoms with E-state index in [-0.39, 0.29) is 0 Å². The Kier molecular flexibility index (Phi) is 3.92. The maximum absolute atomic E-state index is 12.4. The number of alkyl halides is 9. The highest BCUT2D eigenvalue weighted by Crippen LogP contribution is 2.53. The van der Waals surface area contributed by atoms with Gasteiger partial charge >= 0.3 is 23.9 Å². The van der Waals surface area contributed by atoms with Crippen LogP contribution in [0, 0.1) is 0 Å². The second-order valence-corrected chi connectivity index (χ2v) is 2.72. The highest BCUT2D eigenvalue weighted by Gasteiger charge is 2.81. The molecular formula is C7H2F9O. The predicted octanol–water partition coefficient (Wildman–Crippen LogP) is 3.12. The summed E-state index contributed by atoms with van der Waals surface area (Å²) >= 11 is 0. The number of rotatable bonds is 4. The molecule has 0 amide bonds. The molecule has 0 N–H and O–H groups in total. The number of halogens is 9. The van der Waals surface area contributed by atoms with E-state index in [1.165, 1.54) is 0 Å². The van der Waals surface area contributed by atoms with Gasteiger partial charge in [-0.25, -0.2) is 0 Å². The van der Waals surface area contributed by atoms with E-state index in [9.17, 15) is 44.3 Å². The minimum Gasteiger partial charge on any atom is -0.286 e. The van der Waals surface area contributed by atoms with Crippen LogP contribution in [0.4, 0.5) is 39.5 Å². The zero-order valence-electron chi connectivity index (χ0n) is 7.46. The minimum atomic E-state index is -6.95. The topological polar surface area (TPSA) is 17.1 Å². The van der Waals surface area contributed by atoms with Gasteiger partial charge in [-0.3, -0.25) is 4.79 Å². The Hall–Kier alpha value is -1.22. The first-order valence-corrected chi connectivity index (χ1v) is 3.57. The van der Waals surface area contributed by atoms with Gasteiger partial charge in [0.15, 0.2) is 0 Å². The van der Waals surface area contributed by atoms with E-state index in [4.69, 9.17) is 0 Å². The molecule has 1 radical (unpaired) electrons. The Morgan fingerprint density at radius 1 is 0.765 bits per heavy atom. The average Bonchev–Trinajstić information content (AvgIpc) is 2.12.